The highest BCUT2D eigenvalue weighted by atomic mass is 32.1. The predicted octanol–water partition coefficient (Wildman–Crippen LogP) is 1.30. The SMILES string of the molecule is CCC(=O)Nc1nc(C=O)cs1. The molecule has 0 unspecified atom stereocenters. The van der Waals surface area contributed by atoms with Crippen LogP contribution in [0.5, 0.6) is 0 Å². The minimum atomic E-state index is -0.0956. The molecule has 0 saturated carbocycles. The van der Waals surface area contributed by atoms with Gasteiger partial charge in [0.1, 0.15) is 5.69 Å². The summed E-state index contributed by atoms with van der Waals surface area (Å²) in [6, 6.07) is 0. The van der Waals surface area contributed by atoms with Crippen LogP contribution in [0.25, 0.3) is 0 Å². The minimum absolute atomic E-state index is 0.0956. The summed E-state index contributed by atoms with van der Waals surface area (Å²) in [5, 5.41) is 4.63. The lowest BCUT2D eigenvalue weighted by atomic mass is 10.5. The van der Waals surface area contributed by atoms with Gasteiger partial charge >= 0.3 is 0 Å². The maximum Gasteiger partial charge on any atom is 0.225 e. The average molecular weight is 184 g/mol. The Morgan fingerprint density at radius 1 is 1.83 bits per heavy atom. The van der Waals surface area contributed by atoms with Crippen molar-refractivity contribution < 1.29 is 9.59 Å². The highest BCUT2D eigenvalue weighted by Crippen LogP contribution is 2.13. The van der Waals surface area contributed by atoms with Gasteiger partial charge in [-0.25, -0.2) is 4.98 Å². The summed E-state index contributed by atoms with van der Waals surface area (Å²) >= 11 is 1.24. The Morgan fingerprint density at radius 3 is 3.08 bits per heavy atom. The van der Waals surface area contributed by atoms with E-state index in [0.717, 1.165) is 0 Å². The third kappa shape index (κ3) is 2.13. The summed E-state index contributed by atoms with van der Waals surface area (Å²) < 4.78 is 0. The van der Waals surface area contributed by atoms with Crippen molar-refractivity contribution >= 4 is 28.7 Å². The van der Waals surface area contributed by atoms with E-state index in [1.807, 2.05) is 0 Å². The van der Waals surface area contributed by atoms with Crippen LogP contribution in [-0.4, -0.2) is 17.2 Å². The molecule has 0 aliphatic heterocycles. The number of anilines is 1. The molecular weight excluding hydrogens is 176 g/mol. The van der Waals surface area contributed by atoms with Crippen molar-refractivity contribution in [3.05, 3.63) is 11.1 Å². The number of aldehydes is 1. The molecule has 1 aromatic rings. The summed E-state index contributed by atoms with van der Waals surface area (Å²) in [6.45, 7) is 1.75. The molecule has 0 atom stereocenters. The Balaban J connectivity index is 2.63. The summed E-state index contributed by atoms with van der Waals surface area (Å²) in [4.78, 5) is 24.9. The second-order valence-corrected chi connectivity index (χ2v) is 2.96. The summed E-state index contributed by atoms with van der Waals surface area (Å²) in [6.07, 6.45) is 1.06. The van der Waals surface area contributed by atoms with Gasteiger partial charge in [0.2, 0.25) is 5.91 Å². The maximum absolute atomic E-state index is 10.8. The first-order valence-electron chi connectivity index (χ1n) is 3.46. The van der Waals surface area contributed by atoms with E-state index in [-0.39, 0.29) is 5.91 Å². The minimum Gasteiger partial charge on any atom is -0.302 e. The van der Waals surface area contributed by atoms with E-state index in [9.17, 15) is 9.59 Å². The van der Waals surface area contributed by atoms with Crippen molar-refractivity contribution in [3.63, 3.8) is 0 Å². The Labute approximate surface area is 73.6 Å². The Morgan fingerprint density at radius 2 is 2.58 bits per heavy atom. The van der Waals surface area contributed by atoms with Crippen LogP contribution < -0.4 is 5.32 Å². The van der Waals surface area contributed by atoms with Gasteiger partial charge in [-0.15, -0.1) is 11.3 Å². The molecule has 1 heterocycles. The molecule has 0 saturated heterocycles. The van der Waals surface area contributed by atoms with E-state index >= 15 is 0 Å². The van der Waals surface area contributed by atoms with Crippen LogP contribution in [-0.2, 0) is 4.79 Å². The van der Waals surface area contributed by atoms with Crippen molar-refractivity contribution in [1.82, 2.24) is 4.98 Å². The molecule has 64 valence electrons. The molecule has 0 radical (unpaired) electrons. The van der Waals surface area contributed by atoms with E-state index in [0.29, 0.717) is 23.5 Å². The number of amides is 1. The largest absolute Gasteiger partial charge is 0.302 e. The maximum atomic E-state index is 10.8. The van der Waals surface area contributed by atoms with Crippen LogP contribution in [0.3, 0.4) is 0 Å². The lowest BCUT2D eigenvalue weighted by Gasteiger charge is -1.95. The van der Waals surface area contributed by atoms with Crippen LogP contribution in [0.2, 0.25) is 0 Å². The monoisotopic (exact) mass is 184 g/mol. The number of nitrogens with one attached hydrogen (secondary N) is 1. The van der Waals surface area contributed by atoms with Gasteiger partial charge in [0.05, 0.1) is 0 Å². The van der Waals surface area contributed by atoms with Crippen LogP contribution in [0.1, 0.15) is 23.8 Å². The van der Waals surface area contributed by atoms with E-state index in [2.05, 4.69) is 10.3 Å². The second kappa shape index (κ2) is 3.96. The summed E-state index contributed by atoms with van der Waals surface area (Å²) in [7, 11) is 0. The third-order valence-electron chi connectivity index (χ3n) is 1.21. The predicted molar refractivity (Wildman–Crippen MR) is 46.4 cm³/mol. The van der Waals surface area contributed by atoms with Gasteiger partial charge in [0.25, 0.3) is 0 Å². The fourth-order valence-corrected chi connectivity index (χ4v) is 1.28. The normalized spacial score (nSPS) is 9.42. The van der Waals surface area contributed by atoms with Crippen LogP contribution >= 0.6 is 11.3 Å². The lowest BCUT2D eigenvalue weighted by Crippen LogP contribution is -2.08. The number of carbonyl (C=O) groups excluding carboxylic acids is 2. The highest BCUT2D eigenvalue weighted by Gasteiger charge is 2.03. The summed E-state index contributed by atoms with van der Waals surface area (Å²) in [5.41, 5.74) is 0.353. The topological polar surface area (TPSA) is 59.1 Å². The van der Waals surface area contributed by atoms with Crippen molar-refractivity contribution in [2.45, 2.75) is 13.3 Å². The quantitative estimate of drug-likeness (QED) is 0.720. The van der Waals surface area contributed by atoms with Crippen molar-refractivity contribution in [3.8, 4) is 0 Å². The molecule has 1 rings (SSSR count). The zero-order valence-corrected chi connectivity index (χ0v) is 7.35. The summed E-state index contributed by atoms with van der Waals surface area (Å²) in [5.74, 6) is -0.0956. The Hall–Kier alpha value is -1.23. The lowest BCUT2D eigenvalue weighted by molar-refractivity contribution is -0.115. The zero-order chi connectivity index (χ0) is 8.97. The van der Waals surface area contributed by atoms with Gasteiger partial charge in [-0.05, 0) is 0 Å². The number of nitrogens with zero attached hydrogens (tertiary/aromatic N) is 1. The third-order valence-corrected chi connectivity index (χ3v) is 1.99. The number of hydrogen-bond donors (Lipinski definition) is 1. The number of thiazole rings is 1. The molecule has 0 aliphatic rings. The van der Waals surface area contributed by atoms with Gasteiger partial charge in [-0.3, -0.25) is 9.59 Å². The molecule has 5 heteroatoms. The molecule has 0 aliphatic carbocycles. The molecule has 0 aromatic carbocycles. The number of hydrogen-bond acceptors (Lipinski definition) is 4. The van der Waals surface area contributed by atoms with Crippen molar-refractivity contribution in [2.75, 3.05) is 5.32 Å². The van der Waals surface area contributed by atoms with Crippen LogP contribution in [0.4, 0.5) is 5.13 Å². The first kappa shape index (κ1) is 8.86. The van der Waals surface area contributed by atoms with E-state index in [1.54, 1.807) is 12.3 Å². The number of carbonyl (C=O) groups is 2. The molecule has 0 bridgehead atoms. The molecule has 1 N–H and O–H groups in total. The van der Waals surface area contributed by atoms with E-state index < -0.39 is 0 Å². The standard InChI is InChI=1S/C7H8N2O2S/c1-2-6(11)9-7-8-5(3-10)4-12-7/h3-4H,2H2,1H3,(H,8,9,11). The second-order valence-electron chi connectivity index (χ2n) is 2.10. The number of rotatable bonds is 3. The molecule has 1 aromatic heterocycles. The van der Waals surface area contributed by atoms with Gasteiger partial charge in [0, 0.05) is 11.8 Å². The van der Waals surface area contributed by atoms with E-state index in [1.165, 1.54) is 11.3 Å². The molecule has 4 nitrogen and oxygen atoms in total. The fraction of sp³-hybridized carbons (Fsp3) is 0.286. The first-order chi connectivity index (χ1) is 5.76. The molecule has 0 fully saturated rings. The zero-order valence-electron chi connectivity index (χ0n) is 6.53. The van der Waals surface area contributed by atoms with Crippen LogP contribution in [0.15, 0.2) is 5.38 Å². The molecule has 0 spiro atoms. The number of aromatic nitrogens is 1. The van der Waals surface area contributed by atoms with Crippen molar-refractivity contribution in [2.24, 2.45) is 0 Å². The van der Waals surface area contributed by atoms with Gasteiger partial charge in [0.15, 0.2) is 11.4 Å². The molecular formula is C7H8N2O2S. The smallest absolute Gasteiger partial charge is 0.225 e. The van der Waals surface area contributed by atoms with Crippen molar-refractivity contribution in [1.29, 1.82) is 0 Å². The van der Waals surface area contributed by atoms with Crippen LogP contribution in [0, 0.1) is 0 Å². The molecule has 12 heavy (non-hydrogen) atoms. The Bertz CT molecular complexity index is 295. The first-order valence-corrected chi connectivity index (χ1v) is 4.34. The average Bonchev–Trinajstić information content (AvgIpc) is 2.52. The van der Waals surface area contributed by atoms with Gasteiger partial charge in [-0.2, -0.15) is 0 Å². The Kier molecular flexibility index (Phi) is 2.93. The molecule has 1 amide bonds. The van der Waals surface area contributed by atoms with Gasteiger partial charge in [-0.1, -0.05) is 6.92 Å². The highest BCUT2D eigenvalue weighted by molar-refractivity contribution is 7.14. The van der Waals surface area contributed by atoms with Gasteiger partial charge < -0.3 is 5.32 Å². The van der Waals surface area contributed by atoms with E-state index in [4.69, 9.17) is 0 Å². The fourth-order valence-electron chi connectivity index (χ4n) is 0.605.